The Balaban J connectivity index is 1.81. The topological polar surface area (TPSA) is 84.2 Å². The lowest BCUT2D eigenvalue weighted by molar-refractivity contribution is -0.133. The van der Waals surface area contributed by atoms with Crippen molar-refractivity contribution in [2.24, 2.45) is 7.05 Å². The second-order valence-corrected chi connectivity index (χ2v) is 5.65. The second-order valence-electron chi connectivity index (χ2n) is 4.54. The predicted molar refractivity (Wildman–Crippen MR) is 72.5 cm³/mol. The standard InChI is InChI=1S/C12H17N3O3S/c1-15-11(8-2-3-8)9(6-14-15)12(18)13-4-5-19-7-10(16)17/h6,8H,2-5,7H2,1H3,(H,13,18)(H,16,17). The lowest BCUT2D eigenvalue weighted by atomic mass is 10.1. The maximum Gasteiger partial charge on any atom is 0.313 e. The number of carbonyl (C=O) groups is 2. The van der Waals surface area contributed by atoms with E-state index in [1.807, 2.05) is 7.05 Å². The van der Waals surface area contributed by atoms with Crippen LogP contribution >= 0.6 is 11.8 Å². The maximum atomic E-state index is 12.0. The van der Waals surface area contributed by atoms with Crippen LogP contribution in [-0.2, 0) is 11.8 Å². The van der Waals surface area contributed by atoms with Crippen LogP contribution in [0.5, 0.6) is 0 Å². The van der Waals surface area contributed by atoms with Gasteiger partial charge in [-0.3, -0.25) is 14.3 Å². The molecule has 1 amide bonds. The van der Waals surface area contributed by atoms with E-state index in [9.17, 15) is 9.59 Å². The van der Waals surface area contributed by atoms with Gasteiger partial charge < -0.3 is 10.4 Å². The summed E-state index contributed by atoms with van der Waals surface area (Å²) in [6.45, 7) is 0.468. The van der Waals surface area contributed by atoms with Gasteiger partial charge in [0.15, 0.2) is 0 Å². The molecule has 6 nitrogen and oxygen atoms in total. The number of aryl methyl sites for hydroxylation is 1. The minimum atomic E-state index is -0.834. The summed E-state index contributed by atoms with van der Waals surface area (Å²) in [5.74, 6) is 0.174. The van der Waals surface area contributed by atoms with Gasteiger partial charge in [0.2, 0.25) is 0 Å². The van der Waals surface area contributed by atoms with Crippen molar-refractivity contribution in [2.75, 3.05) is 18.1 Å². The number of nitrogens with zero attached hydrogens (tertiary/aromatic N) is 2. The minimum absolute atomic E-state index is 0.0656. The van der Waals surface area contributed by atoms with Crippen LogP contribution in [0.1, 0.15) is 34.8 Å². The molecule has 1 saturated carbocycles. The molecule has 0 atom stereocenters. The van der Waals surface area contributed by atoms with Crippen LogP contribution in [0.25, 0.3) is 0 Å². The number of hydrogen-bond donors (Lipinski definition) is 2. The van der Waals surface area contributed by atoms with Crippen LogP contribution in [0.4, 0.5) is 0 Å². The van der Waals surface area contributed by atoms with Gasteiger partial charge in [0.05, 0.1) is 23.2 Å². The highest BCUT2D eigenvalue weighted by molar-refractivity contribution is 7.99. The molecular weight excluding hydrogens is 266 g/mol. The first-order valence-electron chi connectivity index (χ1n) is 6.19. The fraction of sp³-hybridized carbons (Fsp3) is 0.583. The Bertz CT molecular complexity index is 483. The van der Waals surface area contributed by atoms with Gasteiger partial charge in [-0.25, -0.2) is 0 Å². The number of carboxylic acids is 1. The van der Waals surface area contributed by atoms with Gasteiger partial charge in [-0.05, 0) is 12.8 Å². The molecule has 2 N–H and O–H groups in total. The lowest BCUT2D eigenvalue weighted by Crippen LogP contribution is -2.26. The highest BCUT2D eigenvalue weighted by Gasteiger charge is 2.31. The summed E-state index contributed by atoms with van der Waals surface area (Å²) in [7, 11) is 1.85. The van der Waals surface area contributed by atoms with E-state index < -0.39 is 5.97 Å². The Morgan fingerprint density at radius 1 is 1.58 bits per heavy atom. The number of nitrogens with one attached hydrogen (secondary N) is 1. The van der Waals surface area contributed by atoms with Crippen molar-refractivity contribution in [1.82, 2.24) is 15.1 Å². The third-order valence-corrected chi connectivity index (χ3v) is 3.89. The van der Waals surface area contributed by atoms with Crippen molar-refractivity contribution in [1.29, 1.82) is 0 Å². The van der Waals surface area contributed by atoms with Crippen molar-refractivity contribution in [3.63, 3.8) is 0 Å². The molecule has 1 aliphatic rings. The fourth-order valence-corrected chi connectivity index (χ4v) is 2.52. The molecule has 0 saturated heterocycles. The van der Waals surface area contributed by atoms with E-state index in [0.717, 1.165) is 18.5 Å². The van der Waals surface area contributed by atoms with Gasteiger partial charge in [0, 0.05) is 25.3 Å². The normalized spacial score (nSPS) is 14.4. The summed E-state index contributed by atoms with van der Waals surface area (Å²) in [6.07, 6.45) is 3.84. The molecule has 1 fully saturated rings. The van der Waals surface area contributed by atoms with E-state index >= 15 is 0 Å². The van der Waals surface area contributed by atoms with Crippen LogP contribution < -0.4 is 5.32 Å². The molecule has 0 unspecified atom stereocenters. The van der Waals surface area contributed by atoms with Crippen LogP contribution in [0, 0.1) is 0 Å². The number of carboxylic acid groups (broad SMARTS) is 1. The zero-order valence-corrected chi connectivity index (χ0v) is 11.6. The molecule has 1 aliphatic carbocycles. The predicted octanol–water partition coefficient (Wildman–Crippen LogP) is 0.845. The summed E-state index contributed by atoms with van der Waals surface area (Å²) >= 11 is 1.29. The molecule has 0 bridgehead atoms. The maximum absolute atomic E-state index is 12.0. The number of aromatic nitrogens is 2. The molecule has 0 aliphatic heterocycles. The number of thioether (sulfide) groups is 1. The largest absolute Gasteiger partial charge is 0.481 e. The Morgan fingerprint density at radius 3 is 2.95 bits per heavy atom. The first-order chi connectivity index (χ1) is 9.09. The van der Waals surface area contributed by atoms with Crippen LogP contribution in [0.3, 0.4) is 0 Å². The highest BCUT2D eigenvalue weighted by atomic mass is 32.2. The number of aliphatic carboxylic acids is 1. The van der Waals surface area contributed by atoms with E-state index in [0.29, 0.717) is 23.8 Å². The van der Waals surface area contributed by atoms with Crippen LogP contribution in [0.2, 0.25) is 0 Å². The molecule has 104 valence electrons. The smallest absolute Gasteiger partial charge is 0.313 e. The molecule has 0 aromatic carbocycles. The van der Waals surface area contributed by atoms with E-state index in [1.165, 1.54) is 11.8 Å². The molecule has 1 aromatic heterocycles. The summed E-state index contributed by atoms with van der Waals surface area (Å²) in [5.41, 5.74) is 1.66. The van der Waals surface area contributed by atoms with Crippen molar-refractivity contribution in [3.8, 4) is 0 Å². The third kappa shape index (κ3) is 3.73. The van der Waals surface area contributed by atoms with E-state index in [4.69, 9.17) is 5.11 Å². The summed E-state index contributed by atoms with van der Waals surface area (Å²) in [6, 6.07) is 0. The van der Waals surface area contributed by atoms with Gasteiger partial charge in [-0.15, -0.1) is 11.8 Å². The SMILES string of the molecule is Cn1ncc(C(=O)NCCSCC(=O)O)c1C1CC1. The van der Waals surface area contributed by atoms with Crippen LogP contribution in [0.15, 0.2) is 6.20 Å². The van der Waals surface area contributed by atoms with E-state index in [2.05, 4.69) is 10.4 Å². The zero-order chi connectivity index (χ0) is 13.8. The zero-order valence-electron chi connectivity index (χ0n) is 10.8. The van der Waals surface area contributed by atoms with E-state index in [1.54, 1.807) is 10.9 Å². The van der Waals surface area contributed by atoms with Gasteiger partial charge >= 0.3 is 5.97 Å². The lowest BCUT2D eigenvalue weighted by Gasteiger charge is -2.06. The summed E-state index contributed by atoms with van der Waals surface area (Å²) in [4.78, 5) is 22.3. The quantitative estimate of drug-likeness (QED) is 0.725. The monoisotopic (exact) mass is 283 g/mol. The first kappa shape index (κ1) is 13.9. The molecule has 0 radical (unpaired) electrons. The van der Waals surface area contributed by atoms with Gasteiger partial charge in [0.25, 0.3) is 5.91 Å². The van der Waals surface area contributed by atoms with E-state index in [-0.39, 0.29) is 11.7 Å². The Hall–Kier alpha value is -1.50. The van der Waals surface area contributed by atoms with Gasteiger partial charge in [-0.1, -0.05) is 0 Å². The third-order valence-electron chi connectivity index (χ3n) is 2.95. The first-order valence-corrected chi connectivity index (χ1v) is 7.34. The van der Waals surface area contributed by atoms with Crippen LogP contribution in [-0.4, -0.2) is 44.8 Å². The summed E-state index contributed by atoms with van der Waals surface area (Å²) in [5, 5.41) is 15.4. The molecule has 7 heteroatoms. The molecule has 0 spiro atoms. The number of rotatable bonds is 7. The summed E-state index contributed by atoms with van der Waals surface area (Å²) < 4.78 is 1.77. The molecule has 2 rings (SSSR count). The van der Waals surface area contributed by atoms with Crippen molar-refractivity contribution >= 4 is 23.6 Å². The Kier molecular flexibility index (Phi) is 4.47. The second kappa shape index (κ2) is 6.10. The van der Waals surface area contributed by atoms with Crippen molar-refractivity contribution in [3.05, 3.63) is 17.5 Å². The Labute approximate surface area is 115 Å². The molecular formula is C12H17N3O3S. The van der Waals surface area contributed by atoms with Gasteiger partial charge in [-0.2, -0.15) is 5.10 Å². The number of carbonyl (C=O) groups excluding carboxylic acids is 1. The van der Waals surface area contributed by atoms with Crippen molar-refractivity contribution < 1.29 is 14.7 Å². The highest BCUT2D eigenvalue weighted by Crippen LogP contribution is 2.41. The Morgan fingerprint density at radius 2 is 2.32 bits per heavy atom. The van der Waals surface area contributed by atoms with Gasteiger partial charge in [0.1, 0.15) is 0 Å². The molecule has 1 aromatic rings. The minimum Gasteiger partial charge on any atom is -0.481 e. The fourth-order valence-electron chi connectivity index (χ4n) is 1.95. The average Bonchev–Trinajstić information content (AvgIpc) is 3.11. The average molecular weight is 283 g/mol. The molecule has 19 heavy (non-hydrogen) atoms. The number of hydrogen-bond acceptors (Lipinski definition) is 4. The number of amides is 1. The van der Waals surface area contributed by atoms with Crippen molar-refractivity contribution in [2.45, 2.75) is 18.8 Å². The molecule has 1 heterocycles.